The number of carbonyl (C=O) groups is 1. The van der Waals surface area contributed by atoms with E-state index in [4.69, 9.17) is 15.2 Å². The molecule has 1 aliphatic heterocycles. The summed E-state index contributed by atoms with van der Waals surface area (Å²) in [6.07, 6.45) is 6.25. The normalized spacial score (nSPS) is 30.1. The molecule has 5 heteroatoms. The molecule has 0 radical (unpaired) electrons. The summed E-state index contributed by atoms with van der Waals surface area (Å²) in [6.45, 7) is 3.36. The topological polar surface area (TPSA) is 73.6 Å². The van der Waals surface area contributed by atoms with Crippen LogP contribution in [0.25, 0.3) is 0 Å². The van der Waals surface area contributed by atoms with Gasteiger partial charge >= 0.3 is 0 Å². The lowest BCUT2D eigenvalue weighted by Crippen LogP contribution is -2.51. The summed E-state index contributed by atoms with van der Waals surface area (Å²) in [5.41, 5.74) is 6.66. The molecule has 3 rings (SSSR count). The maximum atomic E-state index is 12.6. The number of amides is 1. The highest BCUT2D eigenvalue weighted by Crippen LogP contribution is 2.32. The van der Waals surface area contributed by atoms with E-state index in [2.05, 4.69) is 5.32 Å². The van der Waals surface area contributed by atoms with Crippen molar-refractivity contribution in [3.8, 4) is 5.75 Å². The van der Waals surface area contributed by atoms with Crippen LogP contribution in [-0.4, -0.2) is 30.8 Å². The molecular formula is C19H28N2O3. The van der Waals surface area contributed by atoms with Crippen LogP contribution >= 0.6 is 0 Å². The van der Waals surface area contributed by atoms with Gasteiger partial charge in [0.1, 0.15) is 12.4 Å². The fourth-order valence-corrected chi connectivity index (χ4v) is 3.65. The molecule has 24 heavy (non-hydrogen) atoms. The second kappa shape index (κ2) is 7.53. The number of rotatable bonds is 5. The minimum absolute atomic E-state index is 0.0102. The fourth-order valence-electron chi connectivity index (χ4n) is 3.65. The van der Waals surface area contributed by atoms with Gasteiger partial charge in [-0.05, 0) is 44.7 Å². The van der Waals surface area contributed by atoms with Gasteiger partial charge in [0.15, 0.2) is 0 Å². The minimum Gasteiger partial charge on any atom is -0.491 e. The lowest BCUT2D eigenvalue weighted by atomic mass is 9.74. The SMILES string of the molecule is CC1(N)CCCCC1C(=O)Nc1cccc(OCC2CCCO2)c1. The largest absolute Gasteiger partial charge is 0.491 e. The van der Waals surface area contributed by atoms with Crippen LogP contribution in [-0.2, 0) is 9.53 Å². The molecule has 1 amide bonds. The summed E-state index contributed by atoms with van der Waals surface area (Å²) >= 11 is 0. The van der Waals surface area contributed by atoms with Crippen molar-refractivity contribution in [2.24, 2.45) is 11.7 Å². The van der Waals surface area contributed by atoms with Gasteiger partial charge in [0.05, 0.1) is 12.0 Å². The predicted octanol–water partition coefficient (Wildman–Crippen LogP) is 3.09. The van der Waals surface area contributed by atoms with Crippen LogP contribution < -0.4 is 15.8 Å². The maximum absolute atomic E-state index is 12.6. The Bertz CT molecular complexity index is 567. The predicted molar refractivity (Wildman–Crippen MR) is 94.1 cm³/mol. The Kier molecular flexibility index (Phi) is 5.41. The third-order valence-corrected chi connectivity index (χ3v) is 5.13. The third kappa shape index (κ3) is 4.28. The van der Waals surface area contributed by atoms with Crippen LogP contribution in [0.3, 0.4) is 0 Å². The average Bonchev–Trinajstić information content (AvgIpc) is 3.06. The van der Waals surface area contributed by atoms with Crippen molar-refractivity contribution in [1.29, 1.82) is 0 Å². The van der Waals surface area contributed by atoms with E-state index in [0.717, 1.165) is 56.6 Å². The monoisotopic (exact) mass is 332 g/mol. The highest BCUT2D eigenvalue weighted by atomic mass is 16.5. The summed E-state index contributed by atoms with van der Waals surface area (Å²) < 4.78 is 11.4. The Balaban J connectivity index is 1.58. The summed E-state index contributed by atoms with van der Waals surface area (Å²) in [7, 11) is 0. The molecule has 3 unspecified atom stereocenters. The number of hydrogen-bond donors (Lipinski definition) is 2. The van der Waals surface area contributed by atoms with Gasteiger partial charge in [-0.2, -0.15) is 0 Å². The van der Waals surface area contributed by atoms with Crippen LogP contribution in [0.1, 0.15) is 45.4 Å². The smallest absolute Gasteiger partial charge is 0.229 e. The van der Waals surface area contributed by atoms with Crippen molar-refractivity contribution in [2.75, 3.05) is 18.5 Å². The van der Waals surface area contributed by atoms with Gasteiger partial charge in [-0.25, -0.2) is 0 Å². The van der Waals surface area contributed by atoms with Crippen molar-refractivity contribution in [1.82, 2.24) is 0 Å². The van der Waals surface area contributed by atoms with E-state index in [1.807, 2.05) is 31.2 Å². The van der Waals surface area contributed by atoms with Crippen LogP contribution in [0.4, 0.5) is 5.69 Å². The molecule has 3 N–H and O–H groups in total. The first-order valence-corrected chi connectivity index (χ1v) is 8.99. The Morgan fingerprint density at radius 1 is 1.38 bits per heavy atom. The van der Waals surface area contributed by atoms with Gasteiger partial charge in [-0.3, -0.25) is 4.79 Å². The molecule has 1 aromatic rings. The van der Waals surface area contributed by atoms with Gasteiger partial charge in [-0.15, -0.1) is 0 Å². The lowest BCUT2D eigenvalue weighted by molar-refractivity contribution is -0.122. The van der Waals surface area contributed by atoms with Crippen LogP contribution in [0.5, 0.6) is 5.75 Å². The van der Waals surface area contributed by atoms with E-state index < -0.39 is 5.54 Å². The van der Waals surface area contributed by atoms with Crippen molar-refractivity contribution < 1.29 is 14.3 Å². The Hall–Kier alpha value is -1.59. The number of ether oxygens (including phenoxy) is 2. The summed E-state index contributed by atoms with van der Waals surface area (Å²) in [4.78, 5) is 12.6. The number of hydrogen-bond acceptors (Lipinski definition) is 4. The van der Waals surface area contributed by atoms with E-state index in [1.54, 1.807) is 0 Å². The first-order valence-electron chi connectivity index (χ1n) is 8.99. The van der Waals surface area contributed by atoms with Crippen molar-refractivity contribution in [2.45, 2.75) is 57.1 Å². The Morgan fingerprint density at radius 2 is 2.25 bits per heavy atom. The van der Waals surface area contributed by atoms with Gasteiger partial charge in [-0.1, -0.05) is 18.9 Å². The first kappa shape index (κ1) is 17.2. The molecule has 2 aliphatic rings. The number of benzene rings is 1. The van der Waals surface area contributed by atoms with E-state index >= 15 is 0 Å². The summed E-state index contributed by atoms with van der Waals surface area (Å²) in [5.74, 6) is 0.626. The minimum atomic E-state index is -0.420. The highest BCUT2D eigenvalue weighted by molar-refractivity contribution is 5.93. The molecule has 1 saturated carbocycles. The van der Waals surface area contributed by atoms with Gasteiger partial charge in [0.25, 0.3) is 0 Å². The second-order valence-electron chi connectivity index (χ2n) is 7.27. The summed E-state index contributed by atoms with van der Waals surface area (Å²) in [6, 6.07) is 7.54. The van der Waals surface area contributed by atoms with E-state index in [1.165, 1.54) is 0 Å². The zero-order valence-corrected chi connectivity index (χ0v) is 14.4. The maximum Gasteiger partial charge on any atom is 0.229 e. The number of carbonyl (C=O) groups excluding carboxylic acids is 1. The van der Waals surface area contributed by atoms with Gasteiger partial charge in [0.2, 0.25) is 5.91 Å². The van der Waals surface area contributed by atoms with Crippen LogP contribution in [0, 0.1) is 5.92 Å². The zero-order chi connectivity index (χ0) is 17.0. The standard InChI is InChI=1S/C19H28N2O3/c1-19(20)10-3-2-9-17(19)18(22)21-14-6-4-7-15(12-14)24-13-16-8-5-11-23-16/h4,6-7,12,16-17H,2-3,5,8-11,13,20H2,1H3,(H,21,22). The molecule has 132 valence electrons. The van der Waals surface area contributed by atoms with Crippen molar-refractivity contribution in [3.05, 3.63) is 24.3 Å². The number of nitrogens with one attached hydrogen (secondary N) is 1. The zero-order valence-electron chi connectivity index (χ0n) is 14.4. The second-order valence-corrected chi connectivity index (χ2v) is 7.27. The van der Waals surface area contributed by atoms with Gasteiger partial charge in [0, 0.05) is 23.9 Å². The first-order chi connectivity index (χ1) is 11.5. The van der Waals surface area contributed by atoms with Crippen LogP contribution in [0.2, 0.25) is 0 Å². The van der Waals surface area contributed by atoms with Gasteiger partial charge < -0.3 is 20.5 Å². The molecule has 1 aromatic carbocycles. The number of anilines is 1. The molecule has 0 spiro atoms. The Morgan fingerprint density at radius 3 is 3.00 bits per heavy atom. The molecule has 5 nitrogen and oxygen atoms in total. The molecule has 1 heterocycles. The average molecular weight is 332 g/mol. The molecule has 2 fully saturated rings. The Labute approximate surface area is 143 Å². The van der Waals surface area contributed by atoms with Crippen LogP contribution in [0.15, 0.2) is 24.3 Å². The highest BCUT2D eigenvalue weighted by Gasteiger charge is 2.37. The van der Waals surface area contributed by atoms with E-state index in [0.29, 0.717) is 6.61 Å². The molecular weight excluding hydrogens is 304 g/mol. The molecule has 0 aromatic heterocycles. The summed E-state index contributed by atoms with van der Waals surface area (Å²) in [5, 5.41) is 3.01. The van der Waals surface area contributed by atoms with E-state index in [-0.39, 0.29) is 17.9 Å². The quantitative estimate of drug-likeness (QED) is 0.869. The fraction of sp³-hybridized carbons (Fsp3) is 0.632. The van der Waals surface area contributed by atoms with Crippen molar-refractivity contribution >= 4 is 11.6 Å². The molecule has 0 bridgehead atoms. The van der Waals surface area contributed by atoms with E-state index in [9.17, 15) is 4.79 Å². The molecule has 3 atom stereocenters. The lowest BCUT2D eigenvalue weighted by Gasteiger charge is -2.37. The molecule has 1 saturated heterocycles. The molecule has 1 aliphatic carbocycles. The van der Waals surface area contributed by atoms with Crippen molar-refractivity contribution in [3.63, 3.8) is 0 Å². The number of nitrogens with two attached hydrogens (primary N) is 1. The third-order valence-electron chi connectivity index (χ3n) is 5.13.